The fourth-order valence-corrected chi connectivity index (χ4v) is 1.88. The molecule has 3 nitrogen and oxygen atoms in total. The quantitative estimate of drug-likeness (QED) is 0.672. The van der Waals surface area contributed by atoms with Gasteiger partial charge in [-0.15, -0.1) is 0 Å². The first-order valence-corrected chi connectivity index (χ1v) is 6.38. The minimum absolute atomic E-state index is 0.166. The minimum Gasteiger partial charge on any atom is -0.376 e. The molecule has 92 valence electrons. The van der Waals surface area contributed by atoms with E-state index in [4.69, 9.17) is 4.52 Å². The van der Waals surface area contributed by atoms with Gasteiger partial charge in [0.05, 0.1) is 11.9 Å². The Morgan fingerprint density at radius 2 is 2.12 bits per heavy atom. The Kier molecular flexibility index (Phi) is 5.36. The summed E-state index contributed by atoms with van der Waals surface area (Å²) in [5, 5.41) is 7.22. The van der Waals surface area contributed by atoms with E-state index in [0.717, 1.165) is 12.1 Å². The van der Waals surface area contributed by atoms with E-state index in [1.165, 1.54) is 32.1 Å². The van der Waals surface area contributed by atoms with Crippen molar-refractivity contribution < 1.29 is 4.52 Å². The SMILES string of the molecule is CCCCCCC(C)(CC)Nc1cnoc1. The number of rotatable bonds is 8. The van der Waals surface area contributed by atoms with Crippen LogP contribution in [-0.4, -0.2) is 10.7 Å². The van der Waals surface area contributed by atoms with Crippen molar-refractivity contribution in [1.29, 1.82) is 0 Å². The molecule has 1 aromatic heterocycles. The molecule has 1 unspecified atom stereocenters. The molecule has 3 heteroatoms. The van der Waals surface area contributed by atoms with E-state index in [1.807, 2.05) is 0 Å². The standard InChI is InChI=1S/C13H24N2O/c1-4-6-7-8-9-13(3,5-2)15-12-10-14-16-11-12/h10-11,15H,4-9H2,1-3H3. The smallest absolute Gasteiger partial charge is 0.146 e. The zero-order valence-corrected chi connectivity index (χ0v) is 10.8. The summed E-state index contributed by atoms with van der Waals surface area (Å²) in [6, 6.07) is 0. The van der Waals surface area contributed by atoms with Crippen molar-refractivity contribution >= 4 is 5.69 Å². The number of unbranched alkanes of at least 4 members (excludes halogenated alkanes) is 3. The first-order valence-electron chi connectivity index (χ1n) is 6.38. The number of hydrogen-bond acceptors (Lipinski definition) is 3. The molecule has 0 amide bonds. The second-order valence-electron chi connectivity index (χ2n) is 4.76. The van der Waals surface area contributed by atoms with E-state index in [0.29, 0.717) is 0 Å². The maximum absolute atomic E-state index is 4.84. The molecule has 0 fully saturated rings. The second-order valence-corrected chi connectivity index (χ2v) is 4.76. The van der Waals surface area contributed by atoms with Gasteiger partial charge in [0.25, 0.3) is 0 Å². The summed E-state index contributed by atoms with van der Waals surface area (Å²) in [4.78, 5) is 0. The third kappa shape index (κ3) is 4.25. The fraction of sp³-hybridized carbons (Fsp3) is 0.769. The Hall–Kier alpha value is -0.990. The maximum atomic E-state index is 4.84. The van der Waals surface area contributed by atoms with Crippen molar-refractivity contribution in [1.82, 2.24) is 5.16 Å². The lowest BCUT2D eigenvalue weighted by Gasteiger charge is -2.30. The van der Waals surface area contributed by atoms with Crippen LogP contribution in [0.5, 0.6) is 0 Å². The first kappa shape index (κ1) is 13.1. The van der Waals surface area contributed by atoms with Crippen molar-refractivity contribution in [3.05, 3.63) is 12.5 Å². The van der Waals surface area contributed by atoms with Gasteiger partial charge < -0.3 is 9.84 Å². The Labute approximate surface area is 98.6 Å². The van der Waals surface area contributed by atoms with Crippen LogP contribution in [-0.2, 0) is 0 Å². The lowest BCUT2D eigenvalue weighted by molar-refractivity contribution is 0.416. The first-order chi connectivity index (χ1) is 7.70. The average molecular weight is 224 g/mol. The van der Waals surface area contributed by atoms with E-state index in [9.17, 15) is 0 Å². The van der Waals surface area contributed by atoms with Gasteiger partial charge >= 0.3 is 0 Å². The molecule has 0 spiro atoms. The van der Waals surface area contributed by atoms with Crippen LogP contribution in [0.15, 0.2) is 17.0 Å². The summed E-state index contributed by atoms with van der Waals surface area (Å²) in [5.74, 6) is 0. The molecule has 1 atom stereocenters. The monoisotopic (exact) mass is 224 g/mol. The number of nitrogens with one attached hydrogen (secondary N) is 1. The molecule has 0 saturated carbocycles. The van der Waals surface area contributed by atoms with Gasteiger partial charge in [-0.05, 0) is 19.8 Å². The molecule has 0 saturated heterocycles. The van der Waals surface area contributed by atoms with E-state index < -0.39 is 0 Å². The molecular formula is C13H24N2O. The van der Waals surface area contributed by atoms with Crippen LogP contribution in [0.25, 0.3) is 0 Å². The van der Waals surface area contributed by atoms with Crippen molar-refractivity contribution in [2.75, 3.05) is 5.32 Å². The van der Waals surface area contributed by atoms with Gasteiger partial charge in [0.1, 0.15) is 6.26 Å². The highest BCUT2D eigenvalue weighted by molar-refractivity contribution is 5.39. The Balaban J connectivity index is 2.37. The van der Waals surface area contributed by atoms with Gasteiger partial charge in [0.15, 0.2) is 0 Å². The number of nitrogens with zero attached hydrogens (tertiary/aromatic N) is 1. The minimum atomic E-state index is 0.166. The van der Waals surface area contributed by atoms with E-state index in [2.05, 4.69) is 31.2 Å². The predicted molar refractivity (Wildman–Crippen MR) is 67.6 cm³/mol. The highest BCUT2D eigenvalue weighted by Crippen LogP contribution is 2.24. The molecule has 1 heterocycles. The summed E-state index contributed by atoms with van der Waals surface area (Å²) in [7, 11) is 0. The van der Waals surface area contributed by atoms with Gasteiger partial charge in [0.2, 0.25) is 0 Å². The van der Waals surface area contributed by atoms with Crippen molar-refractivity contribution in [3.63, 3.8) is 0 Å². The number of aromatic nitrogens is 1. The van der Waals surface area contributed by atoms with Crippen molar-refractivity contribution in [3.8, 4) is 0 Å². The Morgan fingerprint density at radius 3 is 2.69 bits per heavy atom. The molecule has 0 radical (unpaired) electrons. The lowest BCUT2D eigenvalue weighted by atomic mass is 9.91. The topological polar surface area (TPSA) is 38.1 Å². The van der Waals surface area contributed by atoms with Crippen LogP contribution in [0, 0.1) is 0 Å². The highest BCUT2D eigenvalue weighted by Gasteiger charge is 2.21. The molecule has 1 aromatic rings. The molecule has 16 heavy (non-hydrogen) atoms. The predicted octanol–water partition coefficient (Wildman–Crippen LogP) is 4.23. The summed E-state index contributed by atoms with van der Waals surface area (Å²) >= 11 is 0. The molecule has 0 aliphatic carbocycles. The van der Waals surface area contributed by atoms with Gasteiger partial charge in [0, 0.05) is 5.54 Å². The normalized spacial score (nSPS) is 14.7. The van der Waals surface area contributed by atoms with Crippen molar-refractivity contribution in [2.24, 2.45) is 0 Å². The van der Waals surface area contributed by atoms with Crippen LogP contribution >= 0.6 is 0 Å². The summed E-state index contributed by atoms with van der Waals surface area (Å²) in [5.41, 5.74) is 1.15. The number of anilines is 1. The highest BCUT2D eigenvalue weighted by atomic mass is 16.5. The second kappa shape index (κ2) is 6.56. The van der Waals surface area contributed by atoms with Crippen LogP contribution < -0.4 is 5.32 Å². The van der Waals surface area contributed by atoms with Gasteiger partial charge in [-0.1, -0.05) is 44.7 Å². The van der Waals surface area contributed by atoms with Gasteiger partial charge in [-0.2, -0.15) is 0 Å². The van der Waals surface area contributed by atoms with Crippen LogP contribution in [0.2, 0.25) is 0 Å². The van der Waals surface area contributed by atoms with Crippen molar-refractivity contribution in [2.45, 2.75) is 64.8 Å². The Bertz CT molecular complexity index is 271. The fourth-order valence-electron chi connectivity index (χ4n) is 1.88. The van der Waals surface area contributed by atoms with Gasteiger partial charge in [-0.25, -0.2) is 0 Å². The van der Waals surface area contributed by atoms with E-state index >= 15 is 0 Å². The van der Waals surface area contributed by atoms with Crippen LogP contribution in [0.1, 0.15) is 59.3 Å². The molecule has 0 aromatic carbocycles. The zero-order chi connectivity index (χ0) is 11.9. The molecule has 0 aliphatic heterocycles. The van der Waals surface area contributed by atoms with E-state index in [-0.39, 0.29) is 5.54 Å². The average Bonchev–Trinajstić information content (AvgIpc) is 2.77. The summed E-state index contributed by atoms with van der Waals surface area (Å²) in [6.45, 7) is 6.74. The largest absolute Gasteiger partial charge is 0.376 e. The molecule has 0 bridgehead atoms. The third-order valence-electron chi connectivity index (χ3n) is 3.24. The van der Waals surface area contributed by atoms with Crippen LogP contribution in [0.3, 0.4) is 0 Å². The van der Waals surface area contributed by atoms with E-state index in [1.54, 1.807) is 12.5 Å². The molecular weight excluding hydrogens is 200 g/mol. The molecule has 1 rings (SSSR count). The van der Waals surface area contributed by atoms with Gasteiger partial charge in [-0.3, -0.25) is 0 Å². The molecule has 0 aliphatic rings. The third-order valence-corrected chi connectivity index (χ3v) is 3.24. The zero-order valence-electron chi connectivity index (χ0n) is 10.8. The number of hydrogen-bond donors (Lipinski definition) is 1. The molecule has 1 N–H and O–H groups in total. The summed E-state index contributed by atoms with van der Waals surface area (Å²) < 4.78 is 4.84. The van der Waals surface area contributed by atoms with Crippen LogP contribution in [0.4, 0.5) is 5.69 Å². The lowest BCUT2D eigenvalue weighted by Crippen LogP contribution is -2.33. The Morgan fingerprint density at radius 1 is 1.31 bits per heavy atom. The summed E-state index contributed by atoms with van der Waals surface area (Å²) in [6.07, 6.45) is 11.0. The maximum Gasteiger partial charge on any atom is 0.146 e.